The lowest BCUT2D eigenvalue weighted by Gasteiger charge is -2.05. The van der Waals surface area contributed by atoms with Crippen LogP contribution in [0.2, 0.25) is 5.02 Å². The highest BCUT2D eigenvalue weighted by atomic mass is 35.5. The van der Waals surface area contributed by atoms with Gasteiger partial charge in [0.25, 0.3) is 0 Å². The number of aromatic amines is 1. The van der Waals surface area contributed by atoms with E-state index in [0.717, 1.165) is 38.6 Å². The van der Waals surface area contributed by atoms with Crippen LogP contribution >= 0.6 is 23.8 Å². The molecule has 4 nitrogen and oxygen atoms in total. The van der Waals surface area contributed by atoms with E-state index in [1.54, 1.807) is 0 Å². The van der Waals surface area contributed by atoms with Crippen LogP contribution in [0.1, 0.15) is 18.2 Å². The van der Waals surface area contributed by atoms with Gasteiger partial charge in [0.1, 0.15) is 5.52 Å². The largest absolute Gasteiger partial charge is 0.328 e. The fourth-order valence-corrected chi connectivity index (χ4v) is 2.82. The number of nitrogens with zero attached hydrogens (tertiary/aromatic N) is 3. The lowest BCUT2D eigenvalue weighted by molar-refractivity contribution is 0.709. The second kappa shape index (κ2) is 5.07. The SMILES string of the molecule is CCc1nn(C)c2c1[nH]c(=S)n2Cc1ccc(Cl)cc1. The molecule has 0 radical (unpaired) electrons. The third-order valence-corrected chi connectivity index (χ3v) is 3.99. The molecule has 0 unspecified atom stereocenters. The van der Waals surface area contributed by atoms with Gasteiger partial charge in [-0.3, -0.25) is 9.25 Å². The number of aromatic nitrogens is 4. The van der Waals surface area contributed by atoms with Crippen molar-refractivity contribution in [1.82, 2.24) is 19.3 Å². The average molecular weight is 307 g/mol. The number of hydrogen-bond donors (Lipinski definition) is 1. The van der Waals surface area contributed by atoms with Crippen LogP contribution in [0, 0.1) is 4.77 Å². The summed E-state index contributed by atoms with van der Waals surface area (Å²) in [5.41, 5.74) is 4.27. The van der Waals surface area contributed by atoms with Crippen molar-refractivity contribution in [3.05, 3.63) is 45.3 Å². The van der Waals surface area contributed by atoms with E-state index in [-0.39, 0.29) is 0 Å². The number of hydrogen-bond acceptors (Lipinski definition) is 2. The molecule has 0 spiro atoms. The first-order valence-electron chi connectivity index (χ1n) is 6.49. The molecule has 1 aromatic carbocycles. The quantitative estimate of drug-likeness (QED) is 0.749. The van der Waals surface area contributed by atoms with Gasteiger partial charge in [-0.25, -0.2) is 0 Å². The van der Waals surface area contributed by atoms with E-state index in [2.05, 4.69) is 21.6 Å². The number of halogens is 1. The van der Waals surface area contributed by atoms with Crippen LogP contribution in [0.5, 0.6) is 0 Å². The number of benzene rings is 1. The first-order chi connectivity index (χ1) is 9.60. The maximum Gasteiger partial charge on any atom is 0.179 e. The summed E-state index contributed by atoms with van der Waals surface area (Å²) in [7, 11) is 1.95. The molecule has 20 heavy (non-hydrogen) atoms. The van der Waals surface area contributed by atoms with Gasteiger partial charge in [-0.1, -0.05) is 30.7 Å². The van der Waals surface area contributed by atoms with Crippen LogP contribution in [0.15, 0.2) is 24.3 Å². The predicted octanol–water partition coefficient (Wildman–Crippen LogP) is 3.70. The Balaban J connectivity index is 2.11. The molecule has 2 heterocycles. The zero-order valence-corrected chi connectivity index (χ0v) is 12.9. The Kier molecular flexibility index (Phi) is 3.40. The van der Waals surface area contributed by atoms with Crippen molar-refractivity contribution in [1.29, 1.82) is 0 Å². The molecule has 0 saturated heterocycles. The van der Waals surface area contributed by atoms with Gasteiger partial charge in [0.05, 0.1) is 12.2 Å². The molecular formula is C14H15ClN4S. The van der Waals surface area contributed by atoms with E-state index in [4.69, 9.17) is 23.8 Å². The Hall–Kier alpha value is -1.59. The van der Waals surface area contributed by atoms with Crippen molar-refractivity contribution in [3.8, 4) is 0 Å². The lowest BCUT2D eigenvalue weighted by Crippen LogP contribution is -2.04. The monoisotopic (exact) mass is 306 g/mol. The number of fused-ring (bicyclic) bond motifs is 1. The molecule has 1 N–H and O–H groups in total. The van der Waals surface area contributed by atoms with Crippen LogP contribution < -0.4 is 0 Å². The lowest BCUT2D eigenvalue weighted by atomic mass is 10.2. The molecule has 104 valence electrons. The summed E-state index contributed by atoms with van der Waals surface area (Å²) in [5, 5.41) is 5.26. The summed E-state index contributed by atoms with van der Waals surface area (Å²) in [5.74, 6) is 0. The summed E-state index contributed by atoms with van der Waals surface area (Å²) in [6.07, 6.45) is 0.883. The fraction of sp³-hybridized carbons (Fsp3) is 0.286. The highest BCUT2D eigenvalue weighted by Crippen LogP contribution is 2.20. The van der Waals surface area contributed by atoms with E-state index in [9.17, 15) is 0 Å². The molecule has 0 fully saturated rings. The van der Waals surface area contributed by atoms with E-state index in [1.807, 2.05) is 36.0 Å². The summed E-state index contributed by atoms with van der Waals surface area (Å²) < 4.78 is 4.67. The summed E-state index contributed by atoms with van der Waals surface area (Å²) in [6, 6.07) is 7.82. The zero-order chi connectivity index (χ0) is 14.3. The van der Waals surface area contributed by atoms with E-state index in [0.29, 0.717) is 6.54 Å². The average Bonchev–Trinajstić information content (AvgIpc) is 2.91. The summed E-state index contributed by atoms with van der Waals surface area (Å²) in [4.78, 5) is 3.27. The van der Waals surface area contributed by atoms with E-state index < -0.39 is 0 Å². The Morgan fingerprint density at radius 3 is 2.65 bits per heavy atom. The Morgan fingerprint density at radius 1 is 1.30 bits per heavy atom. The number of rotatable bonds is 3. The third-order valence-electron chi connectivity index (χ3n) is 3.41. The van der Waals surface area contributed by atoms with E-state index in [1.165, 1.54) is 0 Å². The minimum absolute atomic E-state index is 0.707. The third kappa shape index (κ3) is 2.17. The van der Waals surface area contributed by atoms with Crippen LogP contribution in [-0.4, -0.2) is 19.3 Å². The first-order valence-corrected chi connectivity index (χ1v) is 7.27. The van der Waals surface area contributed by atoms with Gasteiger partial charge in [-0.2, -0.15) is 5.10 Å². The van der Waals surface area contributed by atoms with Crippen LogP contribution in [-0.2, 0) is 20.0 Å². The zero-order valence-electron chi connectivity index (χ0n) is 11.4. The standard InChI is InChI=1S/C14H15ClN4S/c1-3-11-12-13(18(2)17-11)19(14(20)16-12)8-9-4-6-10(15)7-5-9/h4-7H,3,8H2,1-2H3,(H,16,20). The molecule has 6 heteroatoms. The van der Waals surface area contributed by atoms with Gasteiger partial charge in [0, 0.05) is 12.1 Å². The number of aryl methyl sites for hydroxylation is 2. The van der Waals surface area contributed by atoms with Crippen molar-refractivity contribution < 1.29 is 0 Å². The van der Waals surface area contributed by atoms with Crippen molar-refractivity contribution >= 4 is 35.0 Å². The summed E-state index contributed by atoms with van der Waals surface area (Å²) in [6.45, 7) is 2.80. The maximum atomic E-state index is 5.92. The minimum atomic E-state index is 0.707. The molecule has 0 amide bonds. The van der Waals surface area contributed by atoms with E-state index >= 15 is 0 Å². The van der Waals surface area contributed by atoms with Gasteiger partial charge in [-0.05, 0) is 36.3 Å². The van der Waals surface area contributed by atoms with Crippen molar-refractivity contribution in [2.75, 3.05) is 0 Å². The number of imidazole rings is 1. The number of H-pyrrole nitrogens is 1. The topological polar surface area (TPSA) is 38.5 Å². The molecule has 3 aromatic rings. The van der Waals surface area contributed by atoms with Gasteiger partial charge in [0.15, 0.2) is 10.4 Å². The Morgan fingerprint density at radius 2 is 2.00 bits per heavy atom. The maximum absolute atomic E-state index is 5.92. The van der Waals surface area contributed by atoms with Gasteiger partial charge in [-0.15, -0.1) is 0 Å². The fourth-order valence-electron chi connectivity index (χ4n) is 2.44. The Bertz CT molecular complexity index is 810. The van der Waals surface area contributed by atoms with Gasteiger partial charge >= 0.3 is 0 Å². The highest BCUT2D eigenvalue weighted by Gasteiger charge is 2.14. The molecule has 0 aliphatic rings. The van der Waals surface area contributed by atoms with Crippen LogP contribution in [0.25, 0.3) is 11.2 Å². The first kappa shape index (κ1) is 13.4. The second-order valence-corrected chi connectivity index (χ2v) is 5.59. The van der Waals surface area contributed by atoms with Gasteiger partial charge < -0.3 is 4.98 Å². The molecule has 3 rings (SSSR count). The predicted molar refractivity (Wildman–Crippen MR) is 83.8 cm³/mol. The van der Waals surface area contributed by atoms with Crippen molar-refractivity contribution in [2.24, 2.45) is 7.05 Å². The molecule has 0 atom stereocenters. The number of nitrogens with one attached hydrogen (secondary N) is 1. The smallest absolute Gasteiger partial charge is 0.179 e. The van der Waals surface area contributed by atoms with Crippen LogP contribution in [0.3, 0.4) is 0 Å². The molecular weight excluding hydrogens is 292 g/mol. The van der Waals surface area contributed by atoms with Crippen molar-refractivity contribution in [3.63, 3.8) is 0 Å². The van der Waals surface area contributed by atoms with Gasteiger partial charge in [0.2, 0.25) is 0 Å². The second-order valence-electron chi connectivity index (χ2n) is 4.77. The summed E-state index contributed by atoms with van der Waals surface area (Å²) >= 11 is 11.4. The normalized spacial score (nSPS) is 11.3. The molecule has 0 bridgehead atoms. The Labute approximate surface area is 127 Å². The molecule has 2 aromatic heterocycles. The van der Waals surface area contributed by atoms with Crippen molar-refractivity contribution in [2.45, 2.75) is 19.9 Å². The molecule has 0 aliphatic heterocycles. The molecule has 0 aliphatic carbocycles. The van der Waals surface area contributed by atoms with Crippen LogP contribution in [0.4, 0.5) is 0 Å². The highest BCUT2D eigenvalue weighted by molar-refractivity contribution is 7.71. The molecule has 0 saturated carbocycles. The minimum Gasteiger partial charge on any atom is -0.328 e.